The quantitative estimate of drug-likeness (QED) is 0.412. The van der Waals surface area contributed by atoms with Gasteiger partial charge < -0.3 is 14.8 Å². The fraction of sp³-hybridized carbons (Fsp3) is 0.571. The van der Waals surface area contributed by atoms with Crippen molar-refractivity contribution in [2.45, 2.75) is 70.9 Å². The first-order chi connectivity index (χ1) is 13.1. The lowest BCUT2D eigenvalue weighted by Gasteiger charge is -2.16. The molecule has 0 radical (unpaired) electrons. The number of nitrogens with one attached hydrogen (secondary N) is 1. The van der Waals surface area contributed by atoms with Crippen LogP contribution >= 0.6 is 0 Å². The standard InChI is InChI=1S/C21H31NO5/c1-3-4-5-6-10-13-18(23)14-15-19(20(24)26-2)22-21(25)27-16-17-11-8-7-9-12-17/h7-9,11-12,19H,3-6,10,13-16H2,1-2H3,(H,22,25)/t19-/m0/s1. The van der Waals surface area contributed by atoms with Crippen LogP contribution in [0.15, 0.2) is 30.3 Å². The number of ether oxygens (including phenoxy) is 2. The summed E-state index contributed by atoms with van der Waals surface area (Å²) in [5.41, 5.74) is 0.848. The van der Waals surface area contributed by atoms with E-state index in [0.29, 0.717) is 6.42 Å². The molecule has 27 heavy (non-hydrogen) atoms. The van der Waals surface area contributed by atoms with Crippen LogP contribution in [-0.4, -0.2) is 31.0 Å². The average Bonchev–Trinajstić information content (AvgIpc) is 2.69. The van der Waals surface area contributed by atoms with Gasteiger partial charge in [-0.05, 0) is 18.4 Å². The number of methoxy groups -OCH3 is 1. The highest BCUT2D eigenvalue weighted by atomic mass is 16.6. The van der Waals surface area contributed by atoms with E-state index >= 15 is 0 Å². The Labute approximate surface area is 161 Å². The van der Waals surface area contributed by atoms with Crippen molar-refractivity contribution >= 4 is 17.8 Å². The lowest BCUT2D eigenvalue weighted by Crippen LogP contribution is -2.42. The molecule has 0 heterocycles. The SMILES string of the molecule is CCCCCCCC(=O)CC[C@H](NC(=O)OCc1ccccc1)C(=O)OC. The molecule has 0 aliphatic heterocycles. The number of rotatable bonds is 13. The number of ketones is 1. The summed E-state index contributed by atoms with van der Waals surface area (Å²) in [6.45, 7) is 2.26. The Balaban J connectivity index is 2.36. The van der Waals surface area contributed by atoms with Crippen molar-refractivity contribution in [2.24, 2.45) is 0 Å². The zero-order chi connectivity index (χ0) is 19.9. The molecule has 0 bridgehead atoms. The molecular weight excluding hydrogens is 346 g/mol. The van der Waals surface area contributed by atoms with Crippen LogP contribution in [0.2, 0.25) is 0 Å². The van der Waals surface area contributed by atoms with E-state index in [9.17, 15) is 14.4 Å². The van der Waals surface area contributed by atoms with Crippen LogP contribution in [0.3, 0.4) is 0 Å². The minimum atomic E-state index is -0.887. The molecule has 1 aromatic carbocycles. The number of Topliss-reactive ketones (excluding diaryl/α,β-unsaturated/α-hetero) is 1. The smallest absolute Gasteiger partial charge is 0.408 e. The molecule has 6 nitrogen and oxygen atoms in total. The number of alkyl carbamates (subject to hydrolysis) is 1. The number of benzene rings is 1. The van der Waals surface area contributed by atoms with E-state index in [0.717, 1.165) is 24.8 Å². The van der Waals surface area contributed by atoms with Crippen molar-refractivity contribution in [2.75, 3.05) is 7.11 Å². The van der Waals surface area contributed by atoms with Gasteiger partial charge in [0.25, 0.3) is 0 Å². The van der Waals surface area contributed by atoms with Crippen molar-refractivity contribution in [1.82, 2.24) is 5.32 Å². The zero-order valence-electron chi connectivity index (χ0n) is 16.4. The van der Waals surface area contributed by atoms with Gasteiger partial charge in [-0.15, -0.1) is 0 Å². The third-order valence-electron chi connectivity index (χ3n) is 4.26. The number of hydrogen-bond donors (Lipinski definition) is 1. The predicted octanol–water partition coefficient (Wildman–Crippen LogP) is 4.16. The van der Waals surface area contributed by atoms with Crippen LogP contribution in [0, 0.1) is 0 Å². The molecule has 0 aromatic heterocycles. The van der Waals surface area contributed by atoms with Crippen molar-refractivity contribution in [3.63, 3.8) is 0 Å². The van der Waals surface area contributed by atoms with E-state index in [4.69, 9.17) is 9.47 Å². The number of hydrogen-bond acceptors (Lipinski definition) is 5. The van der Waals surface area contributed by atoms with Gasteiger partial charge in [0, 0.05) is 12.8 Å². The number of carbonyl (C=O) groups is 3. The number of amides is 1. The highest BCUT2D eigenvalue weighted by molar-refractivity contribution is 5.83. The van der Waals surface area contributed by atoms with E-state index in [-0.39, 0.29) is 25.2 Å². The molecule has 0 spiro atoms. The maximum absolute atomic E-state index is 12.0. The highest BCUT2D eigenvalue weighted by Crippen LogP contribution is 2.09. The Bertz CT molecular complexity index is 573. The van der Waals surface area contributed by atoms with Gasteiger partial charge in [-0.2, -0.15) is 0 Å². The molecule has 1 amide bonds. The Hall–Kier alpha value is -2.37. The van der Waals surface area contributed by atoms with Gasteiger partial charge in [-0.1, -0.05) is 62.9 Å². The van der Waals surface area contributed by atoms with Crippen LogP contribution < -0.4 is 5.32 Å². The van der Waals surface area contributed by atoms with Crippen molar-refractivity contribution in [3.05, 3.63) is 35.9 Å². The van der Waals surface area contributed by atoms with E-state index < -0.39 is 18.1 Å². The van der Waals surface area contributed by atoms with Crippen LogP contribution in [0.1, 0.15) is 63.9 Å². The van der Waals surface area contributed by atoms with Crippen LogP contribution in [0.25, 0.3) is 0 Å². The summed E-state index contributed by atoms with van der Waals surface area (Å²) >= 11 is 0. The minimum absolute atomic E-state index is 0.0971. The largest absolute Gasteiger partial charge is 0.467 e. The summed E-state index contributed by atoms with van der Waals surface area (Å²) in [5.74, 6) is -0.484. The minimum Gasteiger partial charge on any atom is -0.467 e. The second-order valence-corrected chi connectivity index (χ2v) is 6.52. The van der Waals surface area contributed by atoms with Gasteiger partial charge >= 0.3 is 12.1 Å². The lowest BCUT2D eigenvalue weighted by atomic mass is 10.0. The summed E-state index contributed by atoms with van der Waals surface area (Å²) in [6, 6.07) is 8.36. The molecule has 0 saturated carbocycles. The molecular formula is C21H31NO5. The molecule has 0 unspecified atom stereocenters. The molecule has 0 aliphatic rings. The van der Waals surface area contributed by atoms with Gasteiger partial charge in [0.15, 0.2) is 0 Å². The topological polar surface area (TPSA) is 81.7 Å². The number of esters is 1. The normalized spacial score (nSPS) is 11.5. The Kier molecular flexibility index (Phi) is 11.6. The summed E-state index contributed by atoms with van der Waals surface area (Å²) in [4.78, 5) is 35.8. The Morgan fingerprint density at radius 2 is 1.70 bits per heavy atom. The van der Waals surface area contributed by atoms with Gasteiger partial charge in [-0.3, -0.25) is 4.79 Å². The first-order valence-electron chi connectivity index (χ1n) is 9.63. The maximum atomic E-state index is 12.0. The summed E-state index contributed by atoms with van der Waals surface area (Å²) in [6.07, 6.45) is 5.65. The number of unbranched alkanes of at least 4 members (excludes halogenated alkanes) is 4. The van der Waals surface area contributed by atoms with Crippen molar-refractivity contribution in [3.8, 4) is 0 Å². The average molecular weight is 377 g/mol. The van der Waals surface area contributed by atoms with Gasteiger partial charge in [0.05, 0.1) is 7.11 Å². The summed E-state index contributed by atoms with van der Waals surface area (Å²) in [7, 11) is 1.25. The maximum Gasteiger partial charge on any atom is 0.408 e. The summed E-state index contributed by atoms with van der Waals surface area (Å²) in [5, 5.41) is 2.49. The van der Waals surface area contributed by atoms with E-state index in [1.54, 1.807) is 0 Å². The molecule has 0 fully saturated rings. The molecule has 1 rings (SSSR count). The van der Waals surface area contributed by atoms with Crippen LogP contribution in [-0.2, 0) is 25.7 Å². The fourth-order valence-electron chi connectivity index (χ4n) is 2.65. The van der Waals surface area contributed by atoms with Crippen molar-refractivity contribution < 1.29 is 23.9 Å². The van der Waals surface area contributed by atoms with Crippen molar-refractivity contribution in [1.29, 1.82) is 0 Å². The highest BCUT2D eigenvalue weighted by Gasteiger charge is 2.23. The van der Waals surface area contributed by atoms with Crippen LogP contribution in [0.5, 0.6) is 0 Å². The molecule has 1 N–H and O–H groups in total. The third kappa shape index (κ3) is 10.4. The van der Waals surface area contributed by atoms with Gasteiger partial charge in [0.1, 0.15) is 18.4 Å². The molecule has 0 saturated heterocycles. The van der Waals surface area contributed by atoms with Gasteiger partial charge in [-0.25, -0.2) is 9.59 Å². The van der Waals surface area contributed by atoms with Gasteiger partial charge in [0.2, 0.25) is 0 Å². The van der Waals surface area contributed by atoms with Crippen LogP contribution in [0.4, 0.5) is 4.79 Å². The fourth-order valence-corrected chi connectivity index (χ4v) is 2.65. The molecule has 0 aliphatic carbocycles. The second kappa shape index (κ2) is 13.8. The second-order valence-electron chi connectivity index (χ2n) is 6.52. The third-order valence-corrected chi connectivity index (χ3v) is 4.26. The van der Waals surface area contributed by atoms with E-state index in [2.05, 4.69) is 12.2 Å². The van der Waals surface area contributed by atoms with E-state index in [1.165, 1.54) is 20.0 Å². The molecule has 1 atom stereocenters. The predicted molar refractivity (Wildman–Crippen MR) is 103 cm³/mol. The van der Waals surface area contributed by atoms with E-state index in [1.807, 2.05) is 30.3 Å². The molecule has 150 valence electrons. The Morgan fingerprint density at radius 3 is 2.37 bits per heavy atom. The first-order valence-corrected chi connectivity index (χ1v) is 9.63. The monoisotopic (exact) mass is 377 g/mol. The molecule has 6 heteroatoms. The lowest BCUT2D eigenvalue weighted by molar-refractivity contribution is -0.143. The first kappa shape index (κ1) is 22.7. The zero-order valence-corrected chi connectivity index (χ0v) is 16.4. The Morgan fingerprint density at radius 1 is 1.00 bits per heavy atom. The summed E-state index contributed by atoms with van der Waals surface area (Å²) < 4.78 is 9.83. The number of carbonyl (C=O) groups excluding carboxylic acids is 3. The molecule has 1 aromatic rings.